The van der Waals surface area contributed by atoms with E-state index in [0.717, 1.165) is 24.1 Å². The van der Waals surface area contributed by atoms with Crippen molar-refractivity contribution in [2.24, 2.45) is 0 Å². The molecule has 0 aliphatic heterocycles. The molecule has 0 amide bonds. The van der Waals surface area contributed by atoms with Crippen molar-refractivity contribution in [2.45, 2.75) is 45.1 Å². The largest absolute Gasteiger partial charge is 0.314 e. The van der Waals surface area contributed by atoms with Crippen LogP contribution in [0.25, 0.3) is 0 Å². The zero-order chi connectivity index (χ0) is 11.5. The van der Waals surface area contributed by atoms with E-state index < -0.39 is 0 Å². The van der Waals surface area contributed by atoms with Gasteiger partial charge in [-0.25, -0.2) is 4.39 Å². The maximum absolute atomic E-state index is 13.8. The molecule has 88 valence electrons. The van der Waals surface area contributed by atoms with Gasteiger partial charge in [0, 0.05) is 12.0 Å². The Morgan fingerprint density at radius 3 is 2.94 bits per heavy atom. The lowest BCUT2D eigenvalue weighted by Gasteiger charge is -2.21. The Bertz CT molecular complexity index is 362. The van der Waals surface area contributed by atoms with Crippen LogP contribution in [0, 0.1) is 12.7 Å². The number of rotatable bonds is 3. The van der Waals surface area contributed by atoms with E-state index in [9.17, 15) is 4.39 Å². The fourth-order valence-electron chi connectivity index (χ4n) is 2.79. The number of benzene rings is 1. The minimum absolute atomic E-state index is 0.0413. The Hall–Kier alpha value is -0.890. The molecule has 1 N–H and O–H groups in total. The molecule has 0 bridgehead atoms. The predicted molar refractivity (Wildman–Crippen MR) is 65.2 cm³/mol. The van der Waals surface area contributed by atoms with E-state index in [0.29, 0.717) is 12.0 Å². The van der Waals surface area contributed by atoms with Gasteiger partial charge in [-0.05, 0) is 37.9 Å². The van der Waals surface area contributed by atoms with Crippen molar-refractivity contribution in [1.29, 1.82) is 0 Å². The van der Waals surface area contributed by atoms with Crippen LogP contribution in [-0.4, -0.2) is 12.6 Å². The molecule has 1 saturated carbocycles. The maximum Gasteiger partial charge on any atom is 0.126 e. The van der Waals surface area contributed by atoms with Crippen molar-refractivity contribution in [2.75, 3.05) is 6.54 Å². The first kappa shape index (κ1) is 11.6. The SMILES string of the molecule is CCNC1CCCC1c1cc(C)ccc1F. The van der Waals surface area contributed by atoms with Gasteiger partial charge in [-0.15, -0.1) is 0 Å². The normalized spacial score (nSPS) is 24.9. The topological polar surface area (TPSA) is 12.0 Å². The van der Waals surface area contributed by atoms with Crippen LogP contribution < -0.4 is 5.32 Å². The van der Waals surface area contributed by atoms with Crippen LogP contribution in [0.2, 0.25) is 0 Å². The van der Waals surface area contributed by atoms with Crippen molar-refractivity contribution in [3.8, 4) is 0 Å². The van der Waals surface area contributed by atoms with Gasteiger partial charge in [-0.3, -0.25) is 0 Å². The van der Waals surface area contributed by atoms with Gasteiger partial charge in [0.05, 0.1) is 0 Å². The number of nitrogens with one attached hydrogen (secondary N) is 1. The van der Waals surface area contributed by atoms with E-state index in [-0.39, 0.29) is 5.82 Å². The molecule has 1 nitrogen and oxygen atoms in total. The van der Waals surface area contributed by atoms with Crippen LogP contribution in [0.15, 0.2) is 18.2 Å². The molecule has 2 atom stereocenters. The van der Waals surface area contributed by atoms with E-state index in [1.165, 1.54) is 12.8 Å². The van der Waals surface area contributed by atoms with Gasteiger partial charge in [0.2, 0.25) is 0 Å². The van der Waals surface area contributed by atoms with Gasteiger partial charge >= 0.3 is 0 Å². The number of hydrogen-bond donors (Lipinski definition) is 1. The molecule has 2 rings (SSSR count). The Balaban J connectivity index is 2.25. The van der Waals surface area contributed by atoms with E-state index in [4.69, 9.17) is 0 Å². The Labute approximate surface area is 97.1 Å². The first-order valence-electron chi connectivity index (χ1n) is 6.21. The fraction of sp³-hybridized carbons (Fsp3) is 0.571. The van der Waals surface area contributed by atoms with Gasteiger partial charge < -0.3 is 5.32 Å². The highest BCUT2D eigenvalue weighted by Crippen LogP contribution is 2.36. The second-order valence-electron chi connectivity index (χ2n) is 4.73. The zero-order valence-corrected chi connectivity index (χ0v) is 10.1. The highest BCUT2D eigenvalue weighted by atomic mass is 19.1. The lowest BCUT2D eigenvalue weighted by Crippen LogP contribution is -2.31. The molecule has 0 aromatic heterocycles. The summed E-state index contributed by atoms with van der Waals surface area (Å²) in [5.41, 5.74) is 2.06. The molecule has 0 saturated heterocycles. The molecular formula is C14H20FN. The third-order valence-corrected chi connectivity index (χ3v) is 3.53. The lowest BCUT2D eigenvalue weighted by molar-refractivity contribution is 0.474. The quantitative estimate of drug-likeness (QED) is 0.825. The zero-order valence-electron chi connectivity index (χ0n) is 10.1. The van der Waals surface area contributed by atoms with Crippen LogP contribution >= 0.6 is 0 Å². The van der Waals surface area contributed by atoms with Gasteiger partial charge in [0.1, 0.15) is 5.82 Å². The molecule has 0 radical (unpaired) electrons. The van der Waals surface area contributed by atoms with Crippen LogP contribution in [0.1, 0.15) is 43.2 Å². The first-order chi connectivity index (χ1) is 7.72. The van der Waals surface area contributed by atoms with Crippen molar-refractivity contribution < 1.29 is 4.39 Å². The summed E-state index contributed by atoms with van der Waals surface area (Å²) in [5.74, 6) is 0.320. The molecule has 1 aromatic rings. The standard InChI is InChI=1S/C14H20FN/c1-3-16-14-6-4-5-11(14)12-9-10(2)7-8-13(12)15/h7-9,11,14,16H,3-6H2,1-2H3. The Morgan fingerprint density at radius 2 is 2.19 bits per heavy atom. The average molecular weight is 221 g/mol. The van der Waals surface area contributed by atoms with Gasteiger partial charge in [0.25, 0.3) is 0 Å². The lowest BCUT2D eigenvalue weighted by atomic mass is 9.92. The number of halogens is 1. The molecule has 16 heavy (non-hydrogen) atoms. The summed E-state index contributed by atoms with van der Waals surface area (Å²) in [6.45, 7) is 5.11. The third-order valence-electron chi connectivity index (χ3n) is 3.53. The molecule has 2 unspecified atom stereocenters. The third kappa shape index (κ3) is 2.27. The second kappa shape index (κ2) is 4.96. The van der Waals surface area contributed by atoms with E-state index in [2.05, 4.69) is 12.2 Å². The highest BCUT2D eigenvalue weighted by Gasteiger charge is 2.29. The van der Waals surface area contributed by atoms with Crippen molar-refractivity contribution in [1.82, 2.24) is 5.32 Å². The summed E-state index contributed by atoms with van der Waals surface area (Å²) >= 11 is 0. The summed E-state index contributed by atoms with van der Waals surface area (Å²) in [6.07, 6.45) is 3.49. The average Bonchev–Trinajstić information content (AvgIpc) is 2.70. The van der Waals surface area contributed by atoms with Gasteiger partial charge in [-0.1, -0.05) is 31.0 Å². The molecule has 2 heteroatoms. The highest BCUT2D eigenvalue weighted by molar-refractivity contribution is 5.29. The fourth-order valence-corrected chi connectivity index (χ4v) is 2.79. The van der Waals surface area contributed by atoms with Crippen LogP contribution in [0.4, 0.5) is 4.39 Å². The molecule has 0 spiro atoms. The monoisotopic (exact) mass is 221 g/mol. The molecule has 1 fully saturated rings. The summed E-state index contributed by atoms with van der Waals surface area (Å²) in [7, 11) is 0. The molecule has 1 aliphatic carbocycles. The predicted octanol–water partition coefficient (Wildman–Crippen LogP) is 3.38. The van der Waals surface area contributed by atoms with Gasteiger partial charge in [-0.2, -0.15) is 0 Å². The molecular weight excluding hydrogens is 201 g/mol. The molecule has 1 aliphatic rings. The summed E-state index contributed by atoms with van der Waals surface area (Å²) in [6, 6.07) is 5.92. The smallest absolute Gasteiger partial charge is 0.126 e. The summed E-state index contributed by atoms with van der Waals surface area (Å²) < 4.78 is 13.8. The van der Waals surface area contributed by atoms with E-state index in [1.807, 2.05) is 19.1 Å². The number of aryl methyl sites for hydroxylation is 1. The second-order valence-corrected chi connectivity index (χ2v) is 4.73. The van der Waals surface area contributed by atoms with Crippen molar-refractivity contribution >= 4 is 0 Å². The van der Waals surface area contributed by atoms with Crippen molar-refractivity contribution in [3.63, 3.8) is 0 Å². The Morgan fingerprint density at radius 1 is 1.38 bits per heavy atom. The minimum atomic E-state index is -0.0413. The van der Waals surface area contributed by atoms with Crippen LogP contribution in [-0.2, 0) is 0 Å². The number of hydrogen-bond acceptors (Lipinski definition) is 1. The molecule has 0 heterocycles. The first-order valence-corrected chi connectivity index (χ1v) is 6.21. The number of likely N-dealkylation sites (N-methyl/N-ethyl adjacent to an activating group) is 1. The Kier molecular flexibility index (Phi) is 3.59. The minimum Gasteiger partial charge on any atom is -0.314 e. The van der Waals surface area contributed by atoms with Crippen LogP contribution in [0.5, 0.6) is 0 Å². The van der Waals surface area contributed by atoms with Gasteiger partial charge in [0.15, 0.2) is 0 Å². The van der Waals surface area contributed by atoms with E-state index in [1.54, 1.807) is 6.07 Å². The van der Waals surface area contributed by atoms with Crippen LogP contribution in [0.3, 0.4) is 0 Å². The van der Waals surface area contributed by atoms with E-state index >= 15 is 0 Å². The maximum atomic E-state index is 13.8. The van der Waals surface area contributed by atoms with Crippen molar-refractivity contribution in [3.05, 3.63) is 35.1 Å². The summed E-state index contributed by atoms with van der Waals surface area (Å²) in [4.78, 5) is 0. The molecule has 1 aromatic carbocycles. The summed E-state index contributed by atoms with van der Waals surface area (Å²) in [5, 5.41) is 3.47.